The summed E-state index contributed by atoms with van der Waals surface area (Å²) in [4.78, 5) is 12.0. The molecule has 0 N–H and O–H groups in total. The summed E-state index contributed by atoms with van der Waals surface area (Å²) in [6, 6.07) is 21.3. The standard InChI is InChI=1S/C23H30O3Si/c1-23(2,3)27(19-11-7-5-8-12-19,20-13-9-6-10-14-20)26-17-18-15-16-21(18)22(24)25-4/h5-14,18,21H,15-17H2,1-4H3/t18-,21+/m0/s1. The van der Waals surface area contributed by atoms with Crippen LogP contribution in [0.3, 0.4) is 0 Å². The van der Waals surface area contributed by atoms with Crippen LogP contribution in [0, 0.1) is 11.8 Å². The lowest BCUT2D eigenvalue weighted by atomic mass is 9.74. The molecule has 0 heterocycles. The lowest BCUT2D eigenvalue weighted by Crippen LogP contribution is -2.67. The van der Waals surface area contributed by atoms with E-state index >= 15 is 0 Å². The molecule has 2 aromatic rings. The zero-order valence-electron chi connectivity index (χ0n) is 16.8. The summed E-state index contributed by atoms with van der Waals surface area (Å²) in [7, 11) is -1.05. The molecule has 0 spiro atoms. The highest BCUT2D eigenvalue weighted by molar-refractivity contribution is 6.99. The number of hydrogen-bond acceptors (Lipinski definition) is 3. The van der Waals surface area contributed by atoms with Crippen LogP contribution in [0.5, 0.6) is 0 Å². The monoisotopic (exact) mass is 382 g/mol. The summed E-state index contributed by atoms with van der Waals surface area (Å²) in [6.07, 6.45) is 1.93. The molecule has 1 saturated carbocycles. The van der Waals surface area contributed by atoms with E-state index in [1.807, 2.05) is 0 Å². The van der Waals surface area contributed by atoms with Crippen LogP contribution in [0.2, 0.25) is 5.04 Å². The summed E-state index contributed by atoms with van der Waals surface area (Å²) in [5.74, 6) is 0.129. The summed E-state index contributed by atoms with van der Waals surface area (Å²) in [5, 5.41) is 2.51. The third-order valence-corrected chi connectivity index (χ3v) is 10.9. The van der Waals surface area contributed by atoms with E-state index in [2.05, 4.69) is 81.4 Å². The number of hydrogen-bond donors (Lipinski definition) is 0. The smallest absolute Gasteiger partial charge is 0.309 e. The van der Waals surface area contributed by atoms with Gasteiger partial charge in [0.2, 0.25) is 0 Å². The van der Waals surface area contributed by atoms with Crippen molar-refractivity contribution in [1.29, 1.82) is 0 Å². The SMILES string of the molecule is COC(=O)[C@@H]1CC[C@H]1CO[Si](c1ccccc1)(c1ccccc1)C(C)(C)C. The first kappa shape index (κ1) is 19.8. The van der Waals surface area contributed by atoms with Crippen molar-refractivity contribution in [2.45, 2.75) is 38.7 Å². The van der Waals surface area contributed by atoms with Crippen molar-refractivity contribution >= 4 is 24.7 Å². The van der Waals surface area contributed by atoms with Crippen LogP contribution in [-0.2, 0) is 14.0 Å². The predicted octanol–water partition coefficient (Wildman–Crippen LogP) is 3.76. The van der Waals surface area contributed by atoms with E-state index in [-0.39, 0.29) is 22.8 Å². The Morgan fingerprint density at radius 3 is 1.85 bits per heavy atom. The molecule has 2 atom stereocenters. The van der Waals surface area contributed by atoms with Gasteiger partial charge in [-0.1, -0.05) is 81.4 Å². The Balaban J connectivity index is 1.98. The van der Waals surface area contributed by atoms with Gasteiger partial charge in [-0.25, -0.2) is 0 Å². The van der Waals surface area contributed by atoms with Crippen molar-refractivity contribution in [2.75, 3.05) is 13.7 Å². The van der Waals surface area contributed by atoms with Gasteiger partial charge < -0.3 is 9.16 Å². The van der Waals surface area contributed by atoms with E-state index in [0.717, 1.165) is 12.8 Å². The van der Waals surface area contributed by atoms with Crippen LogP contribution in [0.1, 0.15) is 33.6 Å². The molecule has 27 heavy (non-hydrogen) atoms. The molecular formula is C23H30O3Si. The average molecular weight is 383 g/mol. The van der Waals surface area contributed by atoms with Crippen LogP contribution >= 0.6 is 0 Å². The van der Waals surface area contributed by atoms with Gasteiger partial charge in [-0.15, -0.1) is 0 Å². The molecule has 0 aliphatic heterocycles. The van der Waals surface area contributed by atoms with E-state index in [0.29, 0.717) is 6.61 Å². The fourth-order valence-corrected chi connectivity index (χ4v) is 8.84. The zero-order valence-corrected chi connectivity index (χ0v) is 17.8. The Hall–Kier alpha value is -1.91. The minimum absolute atomic E-state index is 0.0202. The summed E-state index contributed by atoms with van der Waals surface area (Å²) < 4.78 is 11.9. The van der Waals surface area contributed by atoms with E-state index in [1.54, 1.807) is 0 Å². The minimum Gasteiger partial charge on any atom is -0.469 e. The fraction of sp³-hybridized carbons (Fsp3) is 0.435. The number of carbonyl (C=O) groups is 1. The van der Waals surface area contributed by atoms with Gasteiger partial charge in [0, 0.05) is 6.61 Å². The first-order chi connectivity index (χ1) is 12.9. The number of ether oxygens (including phenoxy) is 1. The lowest BCUT2D eigenvalue weighted by molar-refractivity contribution is -0.152. The fourth-order valence-electron chi connectivity index (χ4n) is 4.22. The van der Waals surface area contributed by atoms with Gasteiger partial charge in [0.15, 0.2) is 0 Å². The Morgan fingerprint density at radius 1 is 0.963 bits per heavy atom. The maximum absolute atomic E-state index is 12.0. The molecule has 0 radical (unpaired) electrons. The number of rotatable bonds is 6. The average Bonchev–Trinajstić information content (AvgIpc) is 2.64. The van der Waals surface area contributed by atoms with Crippen LogP contribution < -0.4 is 10.4 Å². The third kappa shape index (κ3) is 3.74. The van der Waals surface area contributed by atoms with Crippen LogP contribution in [0.4, 0.5) is 0 Å². The van der Waals surface area contributed by atoms with Gasteiger partial charge in [-0.3, -0.25) is 4.79 Å². The van der Waals surface area contributed by atoms with Crippen molar-refractivity contribution in [3.05, 3.63) is 60.7 Å². The van der Waals surface area contributed by atoms with E-state index in [1.165, 1.54) is 17.5 Å². The molecule has 0 bridgehead atoms. The highest BCUT2D eigenvalue weighted by atomic mass is 28.4. The quantitative estimate of drug-likeness (QED) is 0.564. The van der Waals surface area contributed by atoms with Gasteiger partial charge >= 0.3 is 5.97 Å². The Morgan fingerprint density at radius 2 is 1.48 bits per heavy atom. The molecule has 144 valence electrons. The molecule has 0 amide bonds. The van der Waals surface area contributed by atoms with E-state index in [4.69, 9.17) is 9.16 Å². The van der Waals surface area contributed by atoms with E-state index in [9.17, 15) is 4.79 Å². The molecular weight excluding hydrogens is 352 g/mol. The minimum atomic E-state index is -2.52. The number of esters is 1. The van der Waals surface area contributed by atoms with Crippen LogP contribution in [-0.4, -0.2) is 28.0 Å². The Kier molecular flexibility index (Phi) is 5.87. The lowest BCUT2D eigenvalue weighted by Gasteiger charge is -2.45. The van der Waals surface area contributed by atoms with Crippen molar-refractivity contribution in [2.24, 2.45) is 11.8 Å². The first-order valence-electron chi connectivity index (χ1n) is 9.73. The number of methoxy groups -OCH3 is 1. The third-order valence-electron chi connectivity index (χ3n) is 5.85. The zero-order chi connectivity index (χ0) is 19.5. The first-order valence-corrected chi connectivity index (χ1v) is 11.6. The Labute approximate surface area is 163 Å². The highest BCUT2D eigenvalue weighted by Gasteiger charge is 2.51. The topological polar surface area (TPSA) is 35.5 Å². The second-order valence-electron chi connectivity index (χ2n) is 8.44. The summed E-state index contributed by atoms with van der Waals surface area (Å²) in [6.45, 7) is 7.43. The van der Waals surface area contributed by atoms with Crippen LogP contribution in [0.15, 0.2) is 60.7 Å². The van der Waals surface area contributed by atoms with Gasteiger partial charge in [-0.2, -0.15) is 0 Å². The van der Waals surface area contributed by atoms with Gasteiger partial charge in [0.05, 0.1) is 13.0 Å². The summed E-state index contributed by atoms with van der Waals surface area (Å²) >= 11 is 0. The normalized spacial score (nSPS) is 20.0. The molecule has 0 aromatic heterocycles. The van der Waals surface area contributed by atoms with Gasteiger partial charge in [0.25, 0.3) is 8.32 Å². The van der Waals surface area contributed by atoms with Crippen molar-refractivity contribution in [3.8, 4) is 0 Å². The predicted molar refractivity (Wildman–Crippen MR) is 112 cm³/mol. The van der Waals surface area contributed by atoms with Crippen molar-refractivity contribution < 1.29 is 14.0 Å². The van der Waals surface area contributed by atoms with E-state index < -0.39 is 8.32 Å². The molecule has 3 rings (SSSR count). The highest BCUT2D eigenvalue weighted by Crippen LogP contribution is 2.40. The largest absolute Gasteiger partial charge is 0.469 e. The van der Waals surface area contributed by atoms with Crippen molar-refractivity contribution in [1.82, 2.24) is 0 Å². The summed E-state index contributed by atoms with van der Waals surface area (Å²) in [5.41, 5.74) is 0. The second kappa shape index (κ2) is 7.99. The molecule has 1 aliphatic carbocycles. The van der Waals surface area contributed by atoms with Gasteiger partial charge in [-0.05, 0) is 34.2 Å². The molecule has 4 heteroatoms. The van der Waals surface area contributed by atoms with Crippen LogP contribution in [0.25, 0.3) is 0 Å². The Bertz CT molecular complexity index is 713. The van der Waals surface area contributed by atoms with Gasteiger partial charge in [0.1, 0.15) is 0 Å². The maximum atomic E-state index is 12.0. The van der Waals surface area contributed by atoms with Crippen molar-refractivity contribution in [3.63, 3.8) is 0 Å². The number of carbonyl (C=O) groups excluding carboxylic acids is 1. The molecule has 0 unspecified atom stereocenters. The molecule has 1 aliphatic rings. The molecule has 3 nitrogen and oxygen atoms in total. The molecule has 1 fully saturated rings. The number of benzene rings is 2. The molecule has 0 saturated heterocycles. The molecule has 2 aromatic carbocycles. The second-order valence-corrected chi connectivity index (χ2v) is 12.7. The maximum Gasteiger partial charge on any atom is 0.309 e.